The van der Waals surface area contributed by atoms with Gasteiger partial charge in [0.1, 0.15) is 11.4 Å². The number of rotatable bonds is 4. The summed E-state index contributed by atoms with van der Waals surface area (Å²) in [6, 6.07) is 22.7. The summed E-state index contributed by atoms with van der Waals surface area (Å²) in [4.78, 5) is 9.00. The third-order valence-electron chi connectivity index (χ3n) is 4.81. The van der Waals surface area contributed by atoms with Gasteiger partial charge in [-0.25, -0.2) is 0 Å². The van der Waals surface area contributed by atoms with Gasteiger partial charge in [0.15, 0.2) is 5.75 Å². The number of aromatic hydroxyl groups is 1. The summed E-state index contributed by atoms with van der Waals surface area (Å²) in [5, 5.41) is 36.8. The van der Waals surface area contributed by atoms with Crippen molar-refractivity contribution in [2.24, 2.45) is 20.5 Å². The van der Waals surface area contributed by atoms with Crippen LogP contribution in [0.25, 0.3) is 10.8 Å². The molecule has 204 valence electrons. The minimum atomic E-state index is -3.67. The third-order valence-corrected chi connectivity index (χ3v) is 4.81. The van der Waals surface area contributed by atoms with Gasteiger partial charge in [0, 0.05) is 6.92 Å². The van der Waals surface area contributed by atoms with Gasteiger partial charge in [-0.3, -0.25) is 9.35 Å². The number of fused-ring (bicyclic) bond motifs is 1. The van der Waals surface area contributed by atoms with Crippen LogP contribution in [0.3, 0.4) is 0 Å². The van der Waals surface area contributed by atoms with E-state index in [1.54, 1.807) is 0 Å². The Labute approximate surface area is 226 Å². The van der Waals surface area contributed by atoms with Crippen molar-refractivity contribution in [1.29, 1.82) is 0 Å². The Morgan fingerprint density at radius 2 is 1.15 bits per heavy atom. The van der Waals surface area contributed by atoms with Crippen LogP contribution in [0.2, 0.25) is 0 Å². The summed E-state index contributed by atoms with van der Waals surface area (Å²) in [6.45, 7) is 4.89. The molecule has 0 aliphatic rings. The maximum Gasteiger partial charge on any atom is 0.300 e. The van der Waals surface area contributed by atoms with Crippen LogP contribution in [0, 0.1) is 13.8 Å². The summed E-state index contributed by atoms with van der Waals surface area (Å²) in [5.74, 6) is -0.849. The number of aliphatic carboxylic acids is 1. The molecule has 4 aromatic carbocycles. The van der Waals surface area contributed by atoms with E-state index in [4.69, 9.17) is 20.2 Å². The van der Waals surface area contributed by atoms with Crippen molar-refractivity contribution in [3.05, 3.63) is 83.9 Å². The Hall–Kier alpha value is -4.68. The molecule has 0 bridgehead atoms. The van der Waals surface area contributed by atoms with Gasteiger partial charge in [-0.1, -0.05) is 36.4 Å². The van der Waals surface area contributed by atoms with Crippen LogP contribution in [-0.2, 0) is 14.9 Å². The van der Waals surface area contributed by atoms with Crippen molar-refractivity contribution in [1.82, 2.24) is 0 Å². The van der Waals surface area contributed by atoms with Gasteiger partial charge < -0.3 is 15.9 Å². The second kappa shape index (κ2) is 13.7. The lowest BCUT2D eigenvalue weighted by Crippen LogP contribution is -1.92. The molecule has 0 saturated heterocycles. The zero-order valence-corrected chi connectivity index (χ0v) is 22.6. The number of nitrogens with zero attached hydrogens (tertiary/aromatic N) is 4. The molecule has 0 heterocycles. The minimum absolute atomic E-state index is 0.0154. The highest BCUT2D eigenvalue weighted by Gasteiger charge is 2.17. The van der Waals surface area contributed by atoms with Crippen LogP contribution in [0.4, 0.5) is 28.4 Å². The largest absolute Gasteiger partial charge is 0.505 e. The molecule has 0 aliphatic carbocycles. The van der Waals surface area contributed by atoms with E-state index in [0.717, 1.165) is 29.1 Å². The second-order valence-electron chi connectivity index (χ2n) is 8.27. The molecule has 39 heavy (non-hydrogen) atoms. The number of aryl methyl sites for hydroxylation is 2. The predicted molar refractivity (Wildman–Crippen MR) is 152 cm³/mol. The first kappa shape index (κ1) is 30.5. The number of phenolic OH excluding ortho intramolecular Hbond substituents is 1. The molecule has 0 amide bonds. The quantitative estimate of drug-likeness (QED) is 0.117. The van der Waals surface area contributed by atoms with E-state index in [9.17, 15) is 13.5 Å². The van der Waals surface area contributed by atoms with E-state index in [0.29, 0.717) is 34.4 Å². The fourth-order valence-corrected chi connectivity index (χ4v) is 3.31. The highest BCUT2D eigenvalue weighted by molar-refractivity contribution is 7.85. The Morgan fingerprint density at radius 1 is 0.795 bits per heavy atom. The van der Waals surface area contributed by atoms with Crippen LogP contribution < -0.4 is 5.73 Å². The summed E-state index contributed by atoms with van der Waals surface area (Å²) >= 11 is 0. The lowest BCUT2D eigenvalue weighted by molar-refractivity contribution is -0.134. The average Bonchev–Trinajstić information content (AvgIpc) is 2.83. The Kier molecular flexibility index (Phi) is 10.8. The summed E-state index contributed by atoms with van der Waals surface area (Å²) in [7, 11) is -3.67. The normalized spacial score (nSPS) is 11.1. The van der Waals surface area contributed by atoms with Crippen LogP contribution in [0.1, 0.15) is 18.1 Å². The van der Waals surface area contributed by atoms with Gasteiger partial charge in [-0.15, -0.1) is 10.2 Å². The van der Waals surface area contributed by atoms with E-state index in [1.165, 1.54) is 0 Å². The molecule has 5 N–H and O–H groups in total. The number of carbonyl (C=O) groups is 1. The number of carboxylic acids is 1. The van der Waals surface area contributed by atoms with Gasteiger partial charge in [0.05, 0.1) is 28.7 Å². The van der Waals surface area contributed by atoms with E-state index >= 15 is 0 Å². The van der Waals surface area contributed by atoms with E-state index < -0.39 is 16.1 Å². The van der Waals surface area contributed by atoms with Gasteiger partial charge in [0.2, 0.25) is 0 Å². The molecule has 12 heteroatoms. The second-order valence-corrected chi connectivity index (χ2v) is 9.73. The van der Waals surface area contributed by atoms with Crippen molar-refractivity contribution >= 4 is 55.3 Å². The van der Waals surface area contributed by atoms with Gasteiger partial charge in [-0.05, 0) is 66.8 Å². The molecule has 0 fully saturated rings. The Balaban J connectivity index is 0.000000516. The Morgan fingerprint density at radius 3 is 1.56 bits per heavy atom. The molecule has 4 rings (SSSR count). The van der Waals surface area contributed by atoms with E-state index in [-0.39, 0.29) is 5.75 Å². The topological polar surface area (TPSA) is 187 Å². The maximum absolute atomic E-state index is 11.0. The van der Waals surface area contributed by atoms with Gasteiger partial charge in [0.25, 0.3) is 16.1 Å². The first-order chi connectivity index (χ1) is 18.3. The summed E-state index contributed by atoms with van der Waals surface area (Å²) < 4.78 is 25.9. The average molecular weight is 552 g/mol. The smallest absolute Gasteiger partial charge is 0.300 e. The van der Waals surface area contributed by atoms with Crippen LogP contribution in [0.15, 0.2) is 93.3 Å². The third kappa shape index (κ3) is 9.95. The molecule has 11 nitrogen and oxygen atoms in total. The molecular weight excluding hydrogens is 522 g/mol. The number of benzene rings is 4. The highest BCUT2D eigenvalue weighted by atomic mass is 32.2. The number of hydrogen-bond donors (Lipinski definition) is 4. The van der Waals surface area contributed by atoms with E-state index in [1.807, 2.05) is 86.6 Å². The zero-order chi connectivity index (χ0) is 29.2. The number of azo groups is 2. The monoisotopic (exact) mass is 551 g/mol. The first-order valence-electron chi connectivity index (χ1n) is 11.4. The molecule has 0 unspecified atom stereocenters. The molecule has 0 saturated carbocycles. The molecular formula is C27H29N5O6S. The number of hydrogen-bond acceptors (Lipinski definition) is 9. The lowest BCUT2D eigenvalue weighted by atomic mass is 9.99. The lowest BCUT2D eigenvalue weighted by Gasteiger charge is -2.13. The number of nitrogens with two attached hydrogens (primary N) is 1. The molecule has 4 aromatic rings. The number of phenols is 1. The fraction of sp³-hybridized carbons (Fsp3) is 0.148. The molecule has 0 radical (unpaired) electrons. The van der Waals surface area contributed by atoms with E-state index in [2.05, 4.69) is 20.5 Å². The number of anilines is 1. The first-order valence-corrected chi connectivity index (χ1v) is 13.2. The van der Waals surface area contributed by atoms with Crippen molar-refractivity contribution in [3.8, 4) is 5.75 Å². The van der Waals surface area contributed by atoms with Crippen molar-refractivity contribution < 1.29 is 28.0 Å². The van der Waals surface area contributed by atoms with Crippen molar-refractivity contribution in [2.45, 2.75) is 20.8 Å². The van der Waals surface area contributed by atoms with Crippen LogP contribution in [0.5, 0.6) is 5.75 Å². The molecule has 0 aromatic heterocycles. The highest BCUT2D eigenvalue weighted by Crippen LogP contribution is 2.45. The number of carboxylic acid groups (broad SMARTS) is 1. The maximum atomic E-state index is 11.0. The van der Waals surface area contributed by atoms with Gasteiger partial charge in [-0.2, -0.15) is 18.6 Å². The van der Waals surface area contributed by atoms with Crippen molar-refractivity contribution in [3.63, 3.8) is 0 Å². The number of nitrogen functional groups attached to an aromatic ring is 1. The summed E-state index contributed by atoms with van der Waals surface area (Å²) in [5.41, 5.74) is 10.8. The van der Waals surface area contributed by atoms with Gasteiger partial charge >= 0.3 is 0 Å². The summed E-state index contributed by atoms with van der Waals surface area (Å²) in [6.07, 6.45) is 0.715. The van der Waals surface area contributed by atoms with Crippen LogP contribution in [-0.4, -0.2) is 35.4 Å². The Bertz CT molecular complexity index is 1500. The minimum Gasteiger partial charge on any atom is -0.505 e. The molecule has 0 spiro atoms. The molecule has 0 aliphatic heterocycles. The zero-order valence-electron chi connectivity index (χ0n) is 21.8. The predicted octanol–water partition coefficient (Wildman–Crippen LogP) is 7.17. The molecule has 0 atom stereocenters. The SMILES string of the molecule is CC(=O)O.CS(=O)(=O)O.Cc1cc2cc(C)c(N=Nc3ccccc3)c(O)c2c(N)c1N=Nc1ccccc1. The van der Waals surface area contributed by atoms with Crippen LogP contribution >= 0.6 is 0 Å². The standard InChI is InChI=1S/C24H21N5O.C2H4O2.CH4O3S/c1-15-13-17-14-16(2)23(29-27-19-11-7-4-8-12-19)24(30)20(17)21(25)22(15)28-26-18-9-5-3-6-10-18;1-2(3)4;1-5(2,3)4/h3-14,30H,25H2,1-2H3;1H3,(H,3,4);1H3,(H,2,3,4). The van der Waals surface area contributed by atoms with Crippen molar-refractivity contribution in [2.75, 3.05) is 12.0 Å². The fourth-order valence-electron chi connectivity index (χ4n) is 3.31.